The number of H-pyrrole nitrogens is 1. The minimum absolute atomic E-state index is 0.0441. The van der Waals surface area contributed by atoms with Crippen LogP contribution < -0.4 is 5.32 Å². The molecule has 1 aromatic carbocycles. The Bertz CT molecular complexity index is 984. The van der Waals surface area contributed by atoms with E-state index in [2.05, 4.69) is 30.0 Å². The number of aromatic nitrogens is 5. The Morgan fingerprint density at radius 1 is 1.11 bits per heavy atom. The zero-order valence-electron chi connectivity index (χ0n) is 15.9. The summed E-state index contributed by atoms with van der Waals surface area (Å²) in [7, 11) is 0. The summed E-state index contributed by atoms with van der Waals surface area (Å²) in [5.41, 5.74) is 2.60. The standard InChI is InChI=1S/C20H25N7O/c28-20(23-15-5-6-16-17(12-15)22-13-21-16)26-10-7-14(8-11-26)19-25-24-18-4-2-1-3-9-27(18)19/h5-6,12-14H,1-4,7-11H2,(H,21,22)(H,23,28). The van der Waals surface area contributed by atoms with Gasteiger partial charge in [0.25, 0.3) is 0 Å². The van der Waals surface area contributed by atoms with Gasteiger partial charge in [0.1, 0.15) is 11.6 Å². The van der Waals surface area contributed by atoms with Gasteiger partial charge in [0.05, 0.1) is 17.4 Å². The van der Waals surface area contributed by atoms with Crippen LogP contribution in [-0.2, 0) is 13.0 Å². The number of anilines is 1. The summed E-state index contributed by atoms with van der Waals surface area (Å²) < 4.78 is 2.34. The minimum Gasteiger partial charge on any atom is -0.345 e. The van der Waals surface area contributed by atoms with Gasteiger partial charge in [-0.1, -0.05) is 6.42 Å². The molecule has 8 heteroatoms. The Morgan fingerprint density at radius 3 is 2.89 bits per heavy atom. The lowest BCUT2D eigenvalue weighted by molar-refractivity contribution is 0.193. The lowest BCUT2D eigenvalue weighted by Gasteiger charge is -2.31. The van der Waals surface area contributed by atoms with Crippen LogP contribution in [0.5, 0.6) is 0 Å². The van der Waals surface area contributed by atoms with Crippen LogP contribution >= 0.6 is 0 Å². The smallest absolute Gasteiger partial charge is 0.321 e. The zero-order chi connectivity index (χ0) is 18.9. The number of urea groups is 1. The second-order valence-corrected chi connectivity index (χ2v) is 7.76. The number of amides is 2. The van der Waals surface area contributed by atoms with Crippen LogP contribution in [0.1, 0.15) is 49.7 Å². The summed E-state index contributed by atoms with van der Waals surface area (Å²) >= 11 is 0. The van der Waals surface area contributed by atoms with E-state index < -0.39 is 0 Å². The van der Waals surface area contributed by atoms with Crippen LogP contribution in [0.3, 0.4) is 0 Å². The molecule has 0 aliphatic carbocycles. The maximum absolute atomic E-state index is 12.7. The van der Waals surface area contributed by atoms with E-state index in [0.29, 0.717) is 5.92 Å². The zero-order valence-corrected chi connectivity index (χ0v) is 15.9. The van der Waals surface area contributed by atoms with Crippen molar-refractivity contribution < 1.29 is 4.79 Å². The second kappa shape index (κ2) is 7.26. The van der Waals surface area contributed by atoms with Gasteiger partial charge in [-0.25, -0.2) is 9.78 Å². The van der Waals surface area contributed by atoms with Gasteiger partial charge in [-0.2, -0.15) is 0 Å². The molecule has 2 N–H and O–H groups in total. The van der Waals surface area contributed by atoms with E-state index >= 15 is 0 Å². The van der Waals surface area contributed by atoms with Crippen LogP contribution in [-0.4, -0.2) is 48.8 Å². The molecule has 5 rings (SSSR count). The van der Waals surface area contributed by atoms with Gasteiger partial charge in [-0.05, 0) is 43.9 Å². The molecule has 2 amide bonds. The highest BCUT2D eigenvalue weighted by Gasteiger charge is 2.28. The summed E-state index contributed by atoms with van der Waals surface area (Å²) in [5.74, 6) is 2.66. The lowest BCUT2D eigenvalue weighted by Crippen LogP contribution is -2.41. The Kier molecular flexibility index (Phi) is 4.46. The average Bonchev–Trinajstić information content (AvgIpc) is 3.28. The summed E-state index contributed by atoms with van der Waals surface area (Å²) in [5, 5.41) is 12.0. The molecular formula is C20H25N7O. The second-order valence-electron chi connectivity index (χ2n) is 7.76. The molecule has 1 fully saturated rings. The summed E-state index contributed by atoms with van der Waals surface area (Å²) in [4.78, 5) is 21.8. The number of likely N-dealkylation sites (tertiary alicyclic amines) is 1. The van der Waals surface area contributed by atoms with Crippen LogP contribution in [0.25, 0.3) is 11.0 Å². The maximum Gasteiger partial charge on any atom is 0.321 e. The quantitative estimate of drug-likeness (QED) is 0.715. The van der Waals surface area contributed by atoms with Crippen molar-refractivity contribution in [2.75, 3.05) is 18.4 Å². The number of imidazole rings is 1. The minimum atomic E-state index is -0.0441. The van der Waals surface area contributed by atoms with E-state index in [9.17, 15) is 4.79 Å². The van der Waals surface area contributed by atoms with Crippen molar-refractivity contribution in [3.8, 4) is 0 Å². The highest BCUT2D eigenvalue weighted by atomic mass is 16.2. The fourth-order valence-electron chi connectivity index (χ4n) is 4.37. The van der Waals surface area contributed by atoms with E-state index in [1.165, 1.54) is 19.3 Å². The SMILES string of the molecule is O=C(Nc1ccc2nc[nH]c2c1)N1CCC(c2nnc3n2CCCCC3)CC1. The third kappa shape index (κ3) is 3.23. The molecule has 28 heavy (non-hydrogen) atoms. The van der Waals surface area contributed by atoms with Crippen molar-refractivity contribution in [2.24, 2.45) is 0 Å². The van der Waals surface area contributed by atoms with Crippen LogP contribution in [0.4, 0.5) is 10.5 Å². The Balaban J connectivity index is 1.22. The van der Waals surface area contributed by atoms with E-state index in [0.717, 1.165) is 67.3 Å². The molecule has 0 bridgehead atoms. The van der Waals surface area contributed by atoms with E-state index in [1.54, 1.807) is 6.33 Å². The number of aryl methyl sites for hydroxylation is 1. The first-order valence-electron chi connectivity index (χ1n) is 10.2. The summed E-state index contributed by atoms with van der Waals surface area (Å²) in [6, 6.07) is 5.67. The van der Waals surface area contributed by atoms with Crippen LogP contribution in [0.2, 0.25) is 0 Å². The van der Waals surface area contributed by atoms with Crippen molar-refractivity contribution in [2.45, 2.75) is 51.0 Å². The van der Waals surface area contributed by atoms with Gasteiger partial charge in [0, 0.05) is 37.7 Å². The van der Waals surface area contributed by atoms with Crippen LogP contribution in [0.15, 0.2) is 24.5 Å². The number of piperidine rings is 1. The Hall–Kier alpha value is -2.90. The number of fused-ring (bicyclic) bond motifs is 2. The molecule has 2 aromatic heterocycles. The van der Waals surface area contributed by atoms with Crippen molar-refractivity contribution in [3.05, 3.63) is 36.2 Å². The average molecular weight is 379 g/mol. The third-order valence-electron chi connectivity index (χ3n) is 5.96. The first-order valence-corrected chi connectivity index (χ1v) is 10.2. The molecule has 1 saturated heterocycles. The molecule has 0 unspecified atom stereocenters. The summed E-state index contributed by atoms with van der Waals surface area (Å²) in [6.07, 6.45) is 8.25. The van der Waals surface area contributed by atoms with Gasteiger partial charge in [0.15, 0.2) is 0 Å². The topological polar surface area (TPSA) is 91.7 Å². The molecule has 0 saturated carbocycles. The molecule has 0 atom stereocenters. The van der Waals surface area contributed by atoms with Crippen molar-refractivity contribution in [1.29, 1.82) is 0 Å². The molecule has 8 nitrogen and oxygen atoms in total. The Morgan fingerprint density at radius 2 is 2.00 bits per heavy atom. The molecular weight excluding hydrogens is 354 g/mol. The molecule has 0 spiro atoms. The van der Waals surface area contributed by atoms with E-state index in [4.69, 9.17) is 0 Å². The molecule has 146 valence electrons. The largest absolute Gasteiger partial charge is 0.345 e. The normalized spacial score (nSPS) is 18.1. The number of carbonyl (C=O) groups excluding carboxylic acids is 1. The van der Waals surface area contributed by atoms with Gasteiger partial charge >= 0.3 is 6.03 Å². The van der Waals surface area contributed by atoms with E-state index in [1.807, 2.05) is 23.1 Å². The number of hydrogen-bond donors (Lipinski definition) is 2. The summed E-state index contributed by atoms with van der Waals surface area (Å²) in [6.45, 7) is 2.52. The van der Waals surface area contributed by atoms with Crippen molar-refractivity contribution in [3.63, 3.8) is 0 Å². The fraction of sp³-hybridized carbons (Fsp3) is 0.500. The molecule has 2 aliphatic rings. The monoisotopic (exact) mass is 379 g/mol. The maximum atomic E-state index is 12.7. The number of benzene rings is 1. The van der Waals surface area contributed by atoms with Crippen molar-refractivity contribution >= 4 is 22.8 Å². The number of nitrogens with one attached hydrogen (secondary N) is 2. The van der Waals surface area contributed by atoms with E-state index in [-0.39, 0.29) is 6.03 Å². The first-order chi connectivity index (χ1) is 13.8. The molecule has 2 aliphatic heterocycles. The highest BCUT2D eigenvalue weighted by molar-refractivity contribution is 5.91. The fourth-order valence-corrected chi connectivity index (χ4v) is 4.37. The number of nitrogens with zero attached hydrogens (tertiary/aromatic N) is 5. The van der Waals surface area contributed by atoms with Gasteiger partial charge in [-0.15, -0.1) is 10.2 Å². The molecule has 0 radical (unpaired) electrons. The lowest BCUT2D eigenvalue weighted by atomic mass is 9.96. The number of carbonyl (C=O) groups is 1. The van der Waals surface area contributed by atoms with Gasteiger partial charge < -0.3 is 19.8 Å². The third-order valence-corrected chi connectivity index (χ3v) is 5.96. The van der Waals surface area contributed by atoms with Crippen molar-refractivity contribution in [1.82, 2.24) is 29.6 Å². The van der Waals surface area contributed by atoms with Crippen LogP contribution in [0, 0.1) is 0 Å². The van der Waals surface area contributed by atoms with Gasteiger partial charge in [-0.3, -0.25) is 0 Å². The molecule has 4 heterocycles. The highest BCUT2D eigenvalue weighted by Crippen LogP contribution is 2.29. The van der Waals surface area contributed by atoms with Gasteiger partial charge in [0.2, 0.25) is 0 Å². The first kappa shape index (κ1) is 17.2. The Labute approximate surface area is 163 Å². The number of aromatic amines is 1. The number of rotatable bonds is 2. The number of hydrogen-bond acceptors (Lipinski definition) is 4. The molecule has 3 aromatic rings. The predicted octanol–water partition coefficient (Wildman–Crippen LogP) is 3.29. The predicted molar refractivity (Wildman–Crippen MR) is 106 cm³/mol.